The number of hydrogen-bond donors (Lipinski definition) is 1. The summed E-state index contributed by atoms with van der Waals surface area (Å²) >= 11 is 0. The second-order valence-electron chi connectivity index (χ2n) is 3.90. The molecule has 0 saturated carbocycles. The van der Waals surface area contributed by atoms with Gasteiger partial charge in [0.1, 0.15) is 0 Å². The van der Waals surface area contributed by atoms with Gasteiger partial charge in [-0.05, 0) is 24.8 Å². The van der Waals surface area contributed by atoms with Gasteiger partial charge in [0.05, 0.1) is 18.8 Å². The predicted octanol–water partition coefficient (Wildman–Crippen LogP) is 1.87. The van der Waals surface area contributed by atoms with Crippen LogP contribution in [0.4, 0.5) is 0 Å². The summed E-state index contributed by atoms with van der Waals surface area (Å²) in [5, 5.41) is 13.4. The van der Waals surface area contributed by atoms with Gasteiger partial charge in [-0.3, -0.25) is 4.68 Å². The van der Waals surface area contributed by atoms with E-state index in [0.717, 1.165) is 6.42 Å². The fourth-order valence-electron chi connectivity index (χ4n) is 1.95. The van der Waals surface area contributed by atoms with Crippen LogP contribution in [0.25, 0.3) is 0 Å². The van der Waals surface area contributed by atoms with Crippen LogP contribution in [0.15, 0.2) is 0 Å². The lowest BCUT2D eigenvalue weighted by Gasteiger charge is -2.06. The summed E-state index contributed by atoms with van der Waals surface area (Å²) in [6.45, 7) is 9.34. The molecule has 0 spiro atoms. The largest absolute Gasteiger partial charge is 0.394 e. The van der Waals surface area contributed by atoms with Gasteiger partial charge in [0, 0.05) is 5.69 Å². The lowest BCUT2D eigenvalue weighted by molar-refractivity contribution is 0.267. The van der Waals surface area contributed by atoms with Crippen molar-refractivity contribution >= 4 is 0 Å². The van der Waals surface area contributed by atoms with Crippen molar-refractivity contribution in [3.63, 3.8) is 0 Å². The van der Waals surface area contributed by atoms with Crippen molar-refractivity contribution in [3.8, 4) is 0 Å². The van der Waals surface area contributed by atoms with E-state index in [9.17, 15) is 0 Å². The van der Waals surface area contributed by atoms with Crippen LogP contribution in [0.3, 0.4) is 0 Å². The third-order valence-electron chi connectivity index (χ3n) is 2.55. The minimum atomic E-state index is 0.156. The average molecular weight is 196 g/mol. The summed E-state index contributed by atoms with van der Waals surface area (Å²) in [4.78, 5) is 0. The van der Waals surface area contributed by atoms with Crippen LogP contribution in [-0.2, 0) is 13.0 Å². The van der Waals surface area contributed by atoms with Gasteiger partial charge in [-0.25, -0.2) is 0 Å². The Morgan fingerprint density at radius 1 is 1.43 bits per heavy atom. The normalized spacial score (nSPS) is 11.3. The van der Waals surface area contributed by atoms with E-state index in [1.54, 1.807) is 0 Å². The molecule has 0 aliphatic carbocycles. The minimum absolute atomic E-state index is 0.156. The maximum atomic E-state index is 8.89. The number of aromatic nitrogens is 2. The Labute approximate surface area is 85.8 Å². The van der Waals surface area contributed by atoms with Crippen molar-refractivity contribution in [1.29, 1.82) is 0 Å². The first kappa shape index (κ1) is 11.2. The van der Waals surface area contributed by atoms with Gasteiger partial charge in [-0.1, -0.05) is 20.8 Å². The van der Waals surface area contributed by atoms with Gasteiger partial charge in [-0.15, -0.1) is 0 Å². The van der Waals surface area contributed by atoms with Crippen LogP contribution < -0.4 is 0 Å². The molecular formula is C11H20N2O. The summed E-state index contributed by atoms with van der Waals surface area (Å²) in [5.41, 5.74) is 3.72. The van der Waals surface area contributed by atoms with Crippen molar-refractivity contribution < 1.29 is 5.11 Å². The molecule has 1 aromatic heterocycles. The Morgan fingerprint density at radius 2 is 2.07 bits per heavy atom. The third kappa shape index (κ3) is 1.98. The van der Waals surface area contributed by atoms with Gasteiger partial charge in [0.2, 0.25) is 0 Å². The summed E-state index contributed by atoms with van der Waals surface area (Å²) in [6, 6.07) is 0. The highest BCUT2D eigenvalue weighted by molar-refractivity contribution is 5.28. The Kier molecular flexibility index (Phi) is 3.69. The molecule has 0 saturated heterocycles. The Bertz CT molecular complexity index is 302. The quantitative estimate of drug-likeness (QED) is 0.798. The Balaban J connectivity index is 3.11. The molecular weight excluding hydrogens is 176 g/mol. The second kappa shape index (κ2) is 4.60. The highest BCUT2D eigenvalue weighted by atomic mass is 16.3. The van der Waals surface area contributed by atoms with E-state index in [-0.39, 0.29) is 6.61 Å². The molecule has 0 aliphatic heterocycles. The molecule has 1 heterocycles. The van der Waals surface area contributed by atoms with Crippen molar-refractivity contribution in [3.05, 3.63) is 17.0 Å². The van der Waals surface area contributed by atoms with Crippen molar-refractivity contribution in [2.75, 3.05) is 6.61 Å². The van der Waals surface area contributed by atoms with E-state index in [1.807, 2.05) is 4.68 Å². The molecule has 1 rings (SSSR count). The first-order valence-corrected chi connectivity index (χ1v) is 5.28. The third-order valence-corrected chi connectivity index (χ3v) is 2.55. The van der Waals surface area contributed by atoms with Crippen molar-refractivity contribution in [2.24, 2.45) is 0 Å². The van der Waals surface area contributed by atoms with Crippen molar-refractivity contribution in [1.82, 2.24) is 9.78 Å². The smallest absolute Gasteiger partial charge is 0.0659 e. The van der Waals surface area contributed by atoms with Gasteiger partial charge in [-0.2, -0.15) is 5.10 Å². The Hall–Kier alpha value is -0.830. The maximum Gasteiger partial charge on any atom is 0.0659 e. The van der Waals surface area contributed by atoms with Crippen LogP contribution >= 0.6 is 0 Å². The van der Waals surface area contributed by atoms with Crippen LogP contribution in [0.2, 0.25) is 0 Å². The zero-order valence-electron chi connectivity index (χ0n) is 9.54. The molecule has 0 radical (unpaired) electrons. The number of aliphatic hydroxyl groups excluding tert-OH is 1. The molecule has 0 unspecified atom stereocenters. The molecule has 0 aromatic carbocycles. The fourth-order valence-corrected chi connectivity index (χ4v) is 1.95. The van der Waals surface area contributed by atoms with Gasteiger partial charge >= 0.3 is 0 Å². The SMILES string of the molecule is CCc1nn(CCO)c(C)c1C(C)C. The first-order valence-electron chi connectivity index (χ1n) is 5.28. The lowest BCUT2D eigenvalue weighted by atomic mass is 10.00. The Morgan fingerprint density at radius 3 is 2.43 bits per heavy atom. The summed E-state index contributed by atoms with van der Waals surface area (Å²) in [7, 11) is 0. The maximum absolute atomic E-state index is 8.89. The molecule has 80 valence electrons. The van der Waals surface area contributed by atoms with E-state index >= 15 is 0 Å². The molecule has 3 heteroatoms. The van der Waals surface area contributed by atoms with Crippen LogP contribution in [-0.4, -0.2) is 21.5 Å². The zero-order chi connectivity index (χ0) is 10.7. The van der Waals surface area contributed by atoms with Gasteiger partial charge in [0.25, 0.3) is 0 Å². The minimum Gasteiger partial charge on any atom is -0.394 e. The summed E-state index contributed by atoms with van der Waals surface area (Å²) < 4.78 is 1.91. The van der Waals surface area contributed by atoms with E-state index in [2.05, 4.69) is 32.8 Å². The van der Waals surface area contributed by atoms with Crippen LogP contribution in [0, 0.1) is 6.92 Å². The molecule has 1 aromatic rings. The number of aliphatic hydroxyl groups is 1. The van der Waals surface area contributed by atoms with Gasteiger partial charge < -0.3 is 5.11 Å². The molecule has 0 aliphatic rings. The number of nitrogens with zero attached hydrogens (tertiary/aromatic N) is 2. The summed E-state index contributed by atoms with van der Waals surface area (Å²) in [6.07, 6.45) is 0.965. The van der Waals surface area contributed by atoms with E-state index in [0.29, 0.717) is 12.5 Å². The molecule has 0 fully saturated rings. The van der Waals surface area contributed by atoms with Gasteiger partial charge in [0.15, 0.2) is 0 Å². The molecule has 0 atom stereocenters. The van der Waals surface area contributed by atoms with Crippen LogP contribution in [0.5, 0.6) is 0 Å². The lowest BCUT2D eigenvalue weighted by Crippen LogP contribution is -2.06. The molecule has 1 N–H and O–H groups in total. The highest BCUT2D eigenvalue weighted by Crippen LogP contribution is 2.23. The van der Waals surface area contributed by atoms with E-state index in [4.69, 9.17) is 5.11 Å². The summed E-state index contributed by atoms with van der Waals surface area (Å²) in [5.74, 6) is 0.511. The monoisotopic (exact) mass is 196 g/mol. The predicted molar refractivity (Wildman–Crippen MR) is 57.5 cm³/mol. The number of rotatable bonds is 4. The van der Waals surface area contributed by atoms with E-state index < -0.39 is 0 Å². The standard InChI is InChI=1S/C11H20N2O/c1-5-10-11(8(2)3)9(4)13(12-10)6-7-14/h8,14H,5-7H2,1-4H3. The highest BCUT2D eigenvalue weighted by Gasteiger charge is 2.15. The molecule has 0 bridgehead atoms. The first-order chi connectivity index (χ1) is 6.61. The topological polar surface area (TPSA) is 38.0 Å². The zero-order valence-corrected chi connectivity index (χ0v) is 9.54. The fraction of sp³-hybridized carbons (Fsp3) is 0.727. The average Bonchev–Trinajstić information content (AvgIpc) is 2.44. The molecule has 0 amide bonds. The van der Waals surface area contributed by atoms with E-state index in [1.165, 1.54) is 17.0 Å². The second-order valence-corrected chi connectivity index (χ2v) is 3.90. The molecule has 14 heavy (non-hydrogen) atoms. The number of hydrogen-bond acceptors (Lipinski definition) is 2. The number of aryl methyl sites for hydroxylation is 1. The molecule has 3 nitrogen and oxygen atoms in total. The van der Waals surface area contributed by atoms with Crippen molar-refractivity contribution in [2.45, 2.75) is 46.6 Å². The van der Waals surface area contributed by atoms with Crippen LogP contribution in [0.1, 0.15) is 43.6 Å².